The fourth-order valence-corrected chi connectivity index (χ4v) is 4.04. The molecule has 140 valence electrons. The molecule has 2 aromatic heterocycles. The lowest BCUT2D eigenvalue weighted by atomic mass is 9.77. The standard InChI is InChI=1S/C19H21N5O3/c1-22-15(3-2-4-16(22)25)17(26)23-8-5-19(6-9-23)7-10-24(18(19)27)14-11-20-13-21-12-14/h2-4,11-13H,5-10H2,1H3. The summed E-state index contributed by atoms with van der Waals surface area (Å²) < 4.78 is 1.37. The molecule has 2 aliphatic rings. The van der Waals surface area contributed by atoms with Crippen LogP contribution in [0.2, 0.25) is 0 Å². The molecule has 2 aliphatic heterocycles. The number of rotatable bonds is 2. The molecule has 4 rings (SSSR count). The summed E-state index contributed by atoms with van der Waals surface area (Å²) in [5.74, 6) is -0.0691. The second-order valence-electron chi connectivity index (χ2n) is 7.18. The number of carbonyl (C=O) groups excluding carboxylic acids is 2. The molecule has 4 heterocycles. The van der Waals surface area contributed by atoms with E-state index in [-0.39, 0.29) is 17.4 Å². The summed E-state index contributed by atoms with van der Waals surface area (Å²) in [4.78, 5) is 49.1. The van der Waals surface area contributed by atoms with Crippen LogP contribution in [0.15, 0.2) is 41.7 Å². The Bertz CT molecular complexity index is 932. The third kappa shape index (κ3) is 2.90. The average Bonchev–Trinajstić information content (AvgIpc) is 3.01. The van der Waals surface area contributed by atoms with Crippen LogP contribution in [0.3, 0.4) is 0 Å². The zero-order valence-corrected chi connectivity index (χ0v) is 15.2. The minimum Gasteiger partial charge on any atom is -0.337 e. The fourth-order valence-electron chi connectivity index (χ4n) is 4.04. The Morgan fingerprint density at radius 2 is 1.70 bits per heavy atom. The normalized spacial score (nSPS) is 18.9. The molecule has 0 N–H and O–H groups in total. The van der Waals surface area contributed by atoms with Gasteiger partial charge in [0.05, 0.1) is 23.5 Å². The zero-order chi connectivity index (χ0) is 19.0. The van der Waals surface area contributed by atoms with Crippen LogP contribution >= 0.6 is 0 Å². The van der Waals surface area contributed by atoms with Gasteiger partial charge < -0.3 is 14.4 Å². The summed E-state index contributed by atoms with van der Waals surface area (Å²) in [6.07, 6.45) is 6.77. The Morgan fingerprint density at radius 1 is 1.04 bits per heavy atom. The van der Waals surface area contributed by atoms with Gasteiger partial charge in [-0.25, -0.2) is 9.97 Å². The molecule has 8 nitrogen and oxygen atoms in total. The average molecular weight is 367 g/mol. The molecular formula is C19H21N5O3. The molecule has 8 heteroatoms. The molecule has 2 fully saturated rings. The van der Waals surface area contributed by atoms with Crippen molar-refractivity contribution < 1.29 is 9.59 Å². The van der Waals surface area contributed by atoms with Crippen LogP contribution in [0, 0.1) is 5.41 Å². The van der Waals surface area contributed by atoms with Gasteiger partial charge in [-0.3, -0.25) is 14.4 Å². The first-order chi connectivity index (χ1) is 13.0. The zero-order valence-electron chi connectivity index (χ0n) is 15.2. The number of likely N-dealkylation sites (tertiary alicyclic amines) is 1. The largest absolute Gasteiger partial charge is 0.337 e. The quantitative estimate of drug-likeness (QED) is 0.785. The van der Waals surface area contributed by atoms with Crippen LogP contribution < -0.4 is 10.5 Å². The van der Waals surface area contributed by atoms with Gasteiger partial charge in [0.25, 0.3) is 11.5 Å². The van der Waals surface area contributed by atoms with Gasteiger partial charge in [-0.2, -0.15) is 0 Å². The first kappa shape index (κ1) is 17.4. The Hall–Kier alpha value is -3.03. The minimum atomic E-state index is -0.421. The molecule has 2 saturated heterocycles. The molecule has 0 saturated carbocycles. The molecule has 0 aromatic carbocycles. The number of nitrogens with zero attached hydrogens (tertiary/aromatic N) is 5. The van der Waals surface area contributed by atoms with Crippen LogP contribution in [-0.4, -0.2) is 50.9 Å². The van der Waals surface area contributed by atoms with Crippen molar-refractivity contribution in [3.05, 3.63) is 53.0 Å². The Balaban J connectivity index is 1.47. The van der Waals surface area contributed by atoms with E-state index < -0.39 is 5.41 Å². The van der Waals surface area contributed by atoms with Crippen molar-refractivity contribution in [1.82, 2.24) is 19.4 Å². The van der Waals surface area contributed by atoms with Gasteiger partial charge in [0.15, 0.2) is 0 Å². The van der Waals surface area contributed by atoms with E-state index >= 15 is 0 Å². The second kappa shape index (κ2) is 6.61. The third-order valence-electron chi connectivity index (χ3n) is 5.78. The number of aromatic nitrogens is 3. The topological polar surface area (TPSA) is 88.4 Å². The predicted molar refractivity (Wildman–Crippen MR) is 98.3 cm³/mol. The maximum Gasteiger partial charge on any atom is 0.270 e. The van der Waals surface area contributed by atoms with Crippen molar-refractivity contribution >= 4 is 17.5 Å². The van der Waals surface area contributed by atoms with Crippen molar-refractivity contribution in [2.75, 3.05) is 24.5 Å². The van der Waals surface area contributed by atoms with E-state index in [1.807, 2.05) is 0 Å². The lowest BCUT2D eigenvalue weighted by molar-refractivity contribution is -0.127. The molecule has 1 spiro atoms. The smallest absolute Gasteiger partial charge is 0.270 e. The molecule has 0 radical (unpaired) electrons. The summed E-state index contributed by atoms with van der Waals surface area (Å²) in [6, 6.07) is 4.69. The number of anilines is 1. The second-order valence-corrected chi connectivity index (χ2v) is 7.18. The number of carbonyl (C=O) groups is 2. The molecule has 0 aliphatic carbocycles. The highest BCUT2D eigenvalue weighted by atomic mass is 16.2. The van der Waals surface area contributed by atoms with E-state index in [4.69, 9.17) is 0 Å². The molecule has 27 heavy (non-hydrogen) atoms. The van der Waals surface area contributed by atoms with Gasteiger partial charge >= 0.3 is 0 Å². The molecule has 0 unspecified atom stereocenters. The minimum absolute atomic E-state index is 0.0940. The van der Waals surface area contributed by atoms with E-state index in [9.17, 15) is 14.4 Å². The highest BCUT2D eigenvalue weighted by Crippen LogP contribution is 2.43. The molecule has 2 aromatic rings. The van der Waals surface area contributed by atoms with Gasteiger partial charge in [-0.1, -0.05) is 6.07 Å². The first-order valence-corrected chi connectivity index (χ1v) is 9.04. The lowest BCUT2D eigenvalue weighted by Gasteiger charge is -2.38. The van der Waals surface area contributed by atoms with Crippen LogP contribution in [0.25, 0.3) is 0 Å². The molecule has 0 atom stereocenters. The summed E-state index contributed by atoms with van der Waals surface area (Å²) in [6.45, 7) is 1.66. The van der Waals surface area contributed by atoms with Crippen molar-refractivity contribution in [3.8, 4) is 0 Å². The monoisotopic (exact) mass is 367 g/mol. The third-order valence-corrected chi connectivity index (χ3v) is 5.78. The van der Waals surface area contributed by atoms with Crippen LogP contribution in [0.4, 0.5) is 5.69 Å². The van der Waals surface area contributed by atoms with E-state index in [1.54, 1.807) is 41.4 Å². The summed E-state index contributed by atoms with van der Waals surface area (Å²) >= 11 is 0. The van der Waals surface area contributed by atoms with Crippen molar-refractivity contribution in [3.63, 3.8) is 0 Å². The maximum atomic E-state index is 13.0. The van der Waals surface area contributed by atoms with Gasteiger partial charge in [0.2, 0.25) is 5.91 Å². The molecule has 0 bridgehead atoms. The number of hydrogen-bond acceptors (Lipinski definition) is 5. The van der Waals surface area contributed by atoms with E-state index in [0.29, 0.717) is 38.2 Å². The van der Waals surface area contributed by atoms with E-state index in [1.165, 1.54) is 17.0 Å². The number of piperidine rings is 1. The first-order valence-electron chi connectivity index (χ1n) is 9.04. The summed E-state index contributed by atoms with van der Waals surface area (Å²) in [7, 11) is 1.60. The summed E-state index contributed by atoms with van der Waals surface area (Å²) in [5, 5.41) is 0. The number of pyridine rings is 1. The predicted octanol–water partition coefficient (Wildman–Crippen LogP) is 0.835. The van der Waals surface area contributed by atoms with Crippen molar-refractivity contribution in [2.24, 2.45) is 12.5 Å². The Morgan fingerprint density at radius 3 is 2.41 bits per heavy atom. The van der Waals surface area contributed by atoms with E-state index in [2.05, 4.69) is 9.97 Å². The SMILES string of the molecule is Cn1c(C(=O)N2CCC3(CC2)CCN(c2cncnc2)C3=O)cccc1=O. The van der Waals surface area contributed by atoms with E-state index in [0.717, 1.165) is 12.1 Å². The number of hydrogen-bond donors (Lipinski definition) is 0. The lowest BCUT2D eigenvalue weighted by Crippen LogP contribution is -2.47. The van der Waals surface area contributed by atoms with Crippen LogP contribution in [0.1, 0.15) is 29.8 Å². The van der Waals surface area contributed by atoms with Crippen LogP contribution in [0.5, 0.6) is 0 Å². The van der Waals surface area contributed by atoms with Crippen LogP contribution in [-0.2, 0) is 11.8 Å². The van der Waals surface area contributed by atoms with Gasteiger partial charge in [-0.05, 0) is 25.3 Å². The fraction of sp³-hybridized carbons (Fsp3) is 0.421. The van der Waals surface area contributed by atoms with Gasteiger partial charge in [0.1, 0.15) is 12.0 Å². The van der Waals surface area contributed by atoms with Crippen molar-refractivity contribution in [2.45, 2.75) is 19.3 Å². The maximum absolute atomic E-state index is 13.0. The molecule has 2 amide bonds. The summed E-state index contributed by atoms with van der Waals surface area (Å²) in [5.41, 5.74) is 0.465. The van der Waals surface area contributed by atoms with Crippen molar-refractivity contribution in [1.29, 1.82) is 0 Å². The Labute approximate surface area is 156 Å². The highest BCUT2D eigenvalue weighted by Gasteiger charge is 2.49. The number of amides is 2. The van der Waals surface area contributed by atoms with Gasteiger partial charge in [0, 0.05) is 32.7 Å². The Kier molecular flexibility index (Phi) is 4.25. The highest BCUT2D eigenvalue weighted by molar-refractivity contribution is 6.00. The molecular weight excluding hydrogens is 346 g/mol. The van der Waals surface area contributed by atoms with Gasteiger partial charge in [-0.15, -0.1) is 0 Å².